The summed E-state index contributed by atoms with van der Waals surface area (Å²) in [4.78, 5) is 16.2. The number of ether oxygens (including phenoxy) is 1. The van der Waals surface area contributed by atoms with Gasteiger partial charge in [-0.3, -0.25) is 4.79 Å². The van der Waals surface area contributed by atoms with E-state index in [2.05, 4.69) is 4.98 Å². The maximum Gasteiger partial charge on any atom is 0.304 e. The highest BCUT2D eigenvalue weighted by molar-refractivity contribution is 7.87. The van der Waals surface area contributed by atoms with Gasteiger partial charge in [0, 0.05) is 26.3 Å². The van der Waals surface area contributed by atoms with E-state index in [1.807, 2.05) is 4.72 Å². The Balaban J connectivity index is 1.86. The number of hydrogen-bond donors (Lipinski definition) is 1. The SMILES string of the molecule is Cn1cc(C(=O)NS(=O)(=O)N2CCOCC2)nc1-c1c(F)cccc1F. The summed E-state index contributed by atoms with van der Waals surface area (Å²) in [7, 11) is -2.61. The van der Waals surface area contributed by atoms with Gasteiger partial charge in [0.1, 0.15) is 23.2 Å². The fourth-order valence-electron chi connectivity index (χ4n) is 2.54. The van der Waals surface area contributed by atoms with Gasteiger partial charge in [0.2, 0.25) is 0 Å². The van der Waals surface area contributed by atoms with Gasteiger partial charge in [-0.1, -0.05) is 6.07 Å². The van der Waals surface area contributed by atoms with Crippen LogP contribution in [0.25, 0.3) is 11.4 Å². The lowest BCUT2D eigenvalue weighted by Crippen LogP contribution is -2.48. The van der Waals surface area contributed by atoms with Crippen molar-refractivity contribution < 1.29 is 26.7 Å². The molecule has 8 nitrogen and oxygen atoms in total. The molecule has 1 saturated heterocycles. The van der Waals surface area contributed by atoms with Crippen molar-refractivity contribution in [1.82, 2.24) is 18.6 Å². The molecule has 1 aromatic heterocycles. The zero-order valence-electron chi connectivity index (χ0n) is 13.8. The Morgan fingerprint density at radius 2 is 1.85 bits per heavy atom. The highest BCUT2D eigenvalue weighted by Crippen LogP contribution is 2.24. The van der Waals surface area contributed by atoms with Gasteiger partial charge in [-0.25, -0.2) is 18.5 Å². The van der Waals surface area contributed by atoms with Crippen molar-refractivity contribution in [2.75, 3.05) is 26.3 Å². The molecule has 3 rings (SSSR count). The Labute approximate surface area is 148 Å². The van der Waals surface area contributed by atoms with Gasteiger partial charge in [-0.15, -0.1) is 0 Å². The summed E-state index contributed by atoms with van der Waals surface area (Å²) in [6.45, 7) is 0.706. The molecule has 1 N–H and O–H groups in total. The fraction of sp³-hybridized carbons (Fsp3) is 0.333. The Bertz CT molecular complexity index is 919. The average Bonchev–Trinajstić information content (AvgIpc) is 2.97. The maximum absolute atomic E-state index is 13.9. The number of halogens is 2. The molecule has 1 aliphatic rings. The van der Waals surface area contributed by atoms with Crippen LogP contribution in [0.15, 0.2) is 24.4 Å². The first-order valence-corrected chi connectivity index (χ1v) is 9.11. The zero-order valence-corrected chi connectivity index (χ0v) is 14.6. The molecule has 0 aliphatic carbocycles. The van der Waals surface area contributed by atoms with Gasteiger partial charge in [0.05, 0.1) is 18.8 Å². The Morgan fingerprint density at radius 1 is 1.23 bits per heavy atom. The molecule has 0 unspecified atom stereocenters. The van der Waals surface area contributed by atoms with E-state index >= 15 is 0 Å². The number of nitrogens with zero attached hydrogens (tertiary/aromatic N) is 3. The molecular weight excluding hydrogens is 370 g/mol. The van der Waals surface area contributed by atoms with Crippen LogP contribution in [-0.4, -0.2) is 54.5 Å². The third kappa shape index (κ3) is 3.59. The molecule has 1 fully saturated rings. The van der Waals surface area contributed by atoms with Crippen molar-refractivity contribution in [3.8, 4) is 11.4 Å². The topological polar surface area (TPSA) is 93.5 Å². The summed E-state index contributed by atoms with van der Waals surface area (Å²) in [5.74, 6) is -2.80. The number of amides is 1. The molecule has 2 aromatic rings. The lowest BCUT2D eigenvalue weighted by atomic mass is 10.2. The monoisotopic (exact) mass is 386 g/mol. The molecule has 0 atom stereocenters. The second kappa shape index (κ2) is 7.09. The minimum Gasteiger partial charge on any atom is -0.379 e. The number of rotatable bonds is 4. The summed E-state index contributed by atoms with van der Waals surface area (Å²) in [5, 5.41) is 0. The average molecular weight is 386 g/mol. The van der Waals surface area contributed by atoms with Crippen LogP contribution in [-0.2, 0) is 22.0 Å². The molecule has 0 saturated carbocycles. The Morgan fingerprint density at radius 3 is 2.46 bits per heavy atom. The van der Waals surface area contributed by atoms with Crippen LogP contribution in [0, 0.1) is 11.6 Å². The number of imidazole rings is 1. The zero-order chi connectivity index (χ0) is 18.9. The van der Waals surface area contributed by atoms with E-state index in [-0.39, 0.29) is 37.8 Å². The normalized spacial score (nSPS) is 15.8. The van der Waals surface area contributed by atoms with E-state index in [1.165, 1.54) is 23.9 Å². The summed E-state index contributed by atoms with van der Waals surface area (Å²) in [6, 6.07) is 3.34. The standard InChI is InChI=1S/C15H16F2N4O4S/c1-20-9-12(18-14(20)13-10(16)3-2-4-11(13)17)15(22)19-26(23,24)21-5-7-25-8-6-21/h2-4,9H,5-8H2,1H3,(H,19,22). The highest BCUT2D eigenvalue weighted by Gasteiger charge is 2.28. The van der Waals surface area contributed by atoms with Crippen molar-refractivity contribution in [1.29, 1.82) is 0 Å². The second-order valence-electron chi connectivity index (χ2n) is 5.60. The number of aromatic nitrogens is 2. The van der Waals surface area contributed by atoms with E-state index in [0.29, 0.717) is 0 Å². The van der Waals surface area contributed by atoms with Crippen LogP contribution in [0.2, 0.25) is 0 Å². The predicted molar refractivity (Wildman–Crippen MR) is 87.3 cm³/mol. The molecule has 0 spiro atoms. The molecular formula is C15H16F2N4O4S. The molecule has 0 bridgehead atoms. The quantitative estimate of drug-likeness (QED) is 0.834. The first kappa shape index (κ1) is 18.4. The van der Waals surface area contributed by atoms with Crippen LogP contribution < -0.4 is 4.72 Å². The number of hydrogen-bond acceptors (Lipinski definition) is 5. The molecule has 1 amide bonds. The highest BCUT2D eigenvalue weighted by atomic mass is 32.2. The molecule has 0 radical (unpaired) electrons. The third-order valence-corrected chi connectivity index (χ3v) is 5.32. The smallest absolute Gasteiger partial charge is 0.304 e. The molecule has 26 heavy (non-hydrogen) atoms. The van der Waals surface area contributed by atoms with Gasteiger partial charge in [0.15, 0.2) is 0 Å². The van der Waals surface area contributed by atoms with Gasteiger partial charge < -0.3 is 9.30 Å². The predicted octanol–water partition coefficient (Wildman–Crippen LogP) is 0.672. The van der Waals surface area contributed by atoms with E-state index in [9.17, 15) is 22.0 Å². The van der Waals surface area contributed by atoms with Gasteiger partial charge >= 0.3 is 10.2 Å². The van der Waals surface area contributed by atoms with Crippen molar-refractivity contribution >= 4 is 16.1 Å². The van der Waals surface area contributed by atoms with E-state index in [1.54, 1.807) is 0 Å². The number of carbonyl (C=O) groups is 1. The number of carbonyl (C=O) groups excluding carboxylic acids is 1. The van der Waals surface area contributed by atoms with Crippen LogP contribution in [0.5, 0.6) is 0 Å². The van der Waals surface area contributed by atoms with Crippen molar-refractivity contribution in [2.24, 2.45) is 7.05 Å². The van der Waals surface area contributed by atoms with Crippen LogP contribution >= 0.6 is 0 Å². The van der Waals surface area contributed by atoms with Gasteiger partial charge in [-0.05, 0) is 12.1 Å². The fourth-order valence-corrected chi connectivity index (χ4v) is 3.64. The molecule has 1 aromatic carbocycles. The van der Waals surface area contributed by atoms with Crippen molar-refractivity contribution in [2.45, 2.75) is 0 Å². The second-order valence-corrected chi connectivity index (χ2v) is 7.28. The Kier molecular flexibility index (Phi) is 5.03. The van der Waals surface area contributed by atoms with Crippen molar-refractivity contribution in [3.05, 3.63) is 41.7 Å². The largest absolute Gasteiger partial charge is 0.379 e. The number of aryl methyl sites for hydroxylation is 1. The molecule has 2 heterocycles. The summed E-state index contributed by atoms with van der Waals surface area (Å²) < 4.78 is 61.6. The Hall–Kier alpha value is -2.37. The number of morpholine rings is 1. The summed E-state index contributed by atoms with van der Waals surface area (Å²) >= 11 is 0. The van der Waals surface area contributed by atoms with E-state index in [0.717, 1.165) is 16.4 Å². The van der Waals surface area contributed by atoms with Crippen LogP contribution in [0.1, 0.15) is 10.5 Å². The maximum atomic E-state index is 13.9. The van der Waals surface area contributed by atoms with Crippen LogP contribution in [0.4, 0.5) is 8.78 Å². The van der Waals surface area contributed by atoms with Gasteiger partial charge in [-0.2, -0.15) is 12.7 Å². The first-order valence-electron chi connectivity index (χ1n) is 7.67. The first-order chi connectivity index (χ1) is 12.3. The van der Waals surface area contributed by atoms with Crippen LogP contribution in [0.3, 0.4) is 0 Å². The van der Waals surface area contributed by atoms with E-state index in [4.69, 9.17) is 4.74 Å². The minimum atomic E-state index is -4.06. The number of nitrogens with one attached hydrogen (secondary N) is 1. The third-order valence-electron chi connectivity index (χ3n) is 3.83. The summed E-state index contributed by atoms with van der Waals surface area (Å²) in [6.07, 6.45) is 1.20. The molecule has 11 heteroatoms. The summed E-state index contributed by atoms with van der Waals surface area (Å²) in [5.41, 5.74) is -0.674. The lowest BCUT2D eigenvalue weighted by molar-refractivity contribution is 0.0718. The lowest BCUT2D eigenvalue weighted by Gasteiger charge is -2.25. The number of benzene rings is 1. The minimum absolute atomic E-state index is 0.122. The molecule has 140 valence electrons. The molecule has 1 aliphatic heterocycles. The van der Waals surface area contributed by atoms with Crippen molar-refractivity contribution in [3.63, 3.8) is 0 Å². The van der Waals surface area contributed by atoms with E-state index < -0.39 is 33.3 Å². The van der Waals surface area contributed by atoms with Gasteiger partial charge in [0.25, 0.3) is 5.91 Å².